The molecule has 3 amide bonds. The number of hydrogen-bond donors (Lipinski definition) is 1. The van der Waals surface area contributed by atoms with E-state index in [9.17, 15) is 14.4 Å². The Morgan fingerprint density at radius 3 is 2.28 bits per heavy atom. The molecule has 2 heterocycles. The Hall–Kier alpha value is -3.85. The van der Waals surface area contributed by atoms with Gasteiger partial charge in [-0.25, -0.2) is 0 Å². The highest BCUT2D eigenvalue weighted by Gasteiger charge is 2.41. The molecule has 2 saturated heterocycles. The third-order valence-electron chi connectivity index (χ3n) is 8.91. The lowest BCUT2D eigenvalue weighted by atomic mass is 9.88. The van der Waals surface area contributed by atoms with Crippen molar-refractivity contribution < 1.29 is 19.1 Å². The SMILES string of the molecule is C=C(N)CN(CC1CCCO1)C(=O)CC1C(=O)N(CCc2ccc(Cl)cc2Cl)CC(=O)N1CCC(c1ccccc1)c1ccccc1. The summed E-state index contributed by atoms with van der Waals surface area (Å²) in [6.07, 6.45) is 2.53. The average Bonchev–Trinajstić information content (AvgIpc) is 3.57. The summed E-state index contributed by atoms with van der Waals surface area (Å²) in [6, 6.07) is 24.5. The number of nitrogens with zero attached hydrogens (tertiary/aromatic N) is 3. The minimum atomic E-state index is -0.963. The van der Waals surface area contributed by atoms with Crippen LogP contribution in [0, 0.1) is 0 Å². The molecule has 0 bridgehead atoms. The Bertz CT molecular complexity index is 1510. The molecule has 10 heteroatoms. The van der Waals surface area contributed by atoms with Crippen LogP contribution in [0.15, 0.2) is 91.1 Å². The predicted molar refractivity (Wildman–Crippen MR) is 185 cm³/mol. The van der Waals surface area contributed by atoms with Crippen LogP contribution in [-0.4, -0.2) is 83.9 Å². The standard InChI is InChI=1S/C37H42Cl2N4O4/c1-26(40)23-42(24-31-13-8-20-47-31)35(44)22-34-37(46)41(18-16-29-14-15-30(38)21-33(29)39)25-36(45)43(34)19-17-32(27-9-4-2-5-10-27)28-11-6-3-7-12-28/h2-7,9-12,14-15,21,31-32,34H,1,8,13,16-20,22-25,40H2. The van der Waals surface area contributed by atoms with Crippen molar-refractivity contribution >= 4 is 40.9 Å². The lowest BCUT2D eigenvalue weighted by Gasteiger charge is -2.41. The lowest BCUT2D eigenvalue weighted by molar-refractivity contribution is -0.158. The van der Waals surface area contributed by atoms with Gasteiger partial charge in [0.1, 0.15) is 6.04 Å². The second kappa shape index (κ2) is 16.3. The van der Waals surface area contributed by atoms with E-state index in [1.54, 1.807) is 26.8 Å². The van der Waals surface area contributed by atoms with Crippen molar-refractivity contribution in [2.24, 2.45) is 5.73 Å². The zero-order valence-electron chi connectivity index (χ0n) is 26.5. The summed E-state index contributed by atoms with van der Waals surface area (Å²) in [7, 11) is 0. The molecular weight excluding hydrogens is 635 g/mol. The molecule has 2 unspecified atom stereocenters. The zero-order valence-corrected chi connectivity index (χ0v) is 28.0. The summed E-state index contributed by atoms with van der Waals surface area (Å²) in [5.74, 6) is -0.729. The number of rotatable bonds is 14. The summed E-state index contributed by atoms with van der Waals surface area (Å²) < 4.78 is 5.80. The first-order valence-corrected chi connectivity index (χ1v) is 16.9. The van der Waals surface area contributed by atoms with Crippen LogP contribution in [0.1, 0.15) is 48.3 Å². The topological polar surface area (TPSA) is 96.2 Å². The molecule has 47 heavy (non-hydrogen) atoms. The second-order valence-corrected chi connectivity index (χ2v) is 13.1. The highest BCUT2D eigenvalue weighted by Crippen LogP contribution is 2.30. The predicted octanol–water partition coefficient (Wildman–Crippen LogP) is 5.67. The van der Waals surface area contributed by atoms with Gasteiger partial charge in [-0.15, -0.1) is 0 Å². The third-order valence-corrected chi connectivity index (χ3v) is 9.50. The van der Waals surface area contributed by atoms with E-state index in [4.69, 9.17) is 33.7 Å². The van der Waals surface area contributed by atoms with E-state index in [2.05, 4.69) is 30.8 Å². The van der Waals surface area contributed by atoms with Crippen LogP contribution in [0.2, 0.25) is 10.0 Å². The van der Waals surface area contributed by atoms with Crippen molar-refractivity contribution in [2.75, 3.05) is 39.3 Å². The molecule has 0 radical (unpaired) electrons. The molecule has 248 valence electrons. The number of piperazine rings is 1. The van der Waals surface area contributed by atoms with Crippen LogP contribution in [0.3, 0.4) is 0 Å². The molecule has 2 atom stereocenters. The van der Waals surface area contributed by atoms with E-state index in [1.807, 2.05) is 42.5 Å². The normalized spacial score (nSPS) is 18.2. The van der Waals surface area contributed by atoms with Gasteiger partial charge in [-0.05, 0) is 54.5 Å². The molecular formula is C37H42Cl2N4O4. The van der Waals surface area contributed by atoms with E-state index in [-0.39, 0.29) is 55.8 Å². The maximum Gasteiger partial charge on any atom is 0.246 e. The van der Waals surface area contributed by atoms with Gasteiger partial charge in [-0.1, -0.05) is 96.5 Å². The fourth-order valence-corrected chi connectivity index (χ4v) is 6.99. The first kappa shape index (κ1) is 34.5. The fourth-order valence-electron chi connectivity index (χ4n) is 6.49. The van der Waals surface area contributed by atoms with Crippen LogP contribution in [0.5, 0.6) is 0 Å². The number of amides is 3. The van der Waals surface area contributed by atoms with E-state index in [0.717, 1.165) is 29.5 Å². The number of carbonyl (C=O) groups excluding carboxylic acids is 3. The molecule has 3 aromatic rings. The van der Waals surface area contributed by atoms with Crippen LogP contribution in [0.4, 0.5) is 0 Å². The van der Waals surface area contributed by atoms with Gasteiger partial charge >= 0.3 is 0 Å². The highest BCUT2D eigenvalue weighted by molar-refractivity contribution is 6.35. The molecule has 3 aromatic carbocycles. The monoisotopic (exact) mass is 676 g/mol. The smallest absolute Gasteiger partial charge is 0.246 e. The van der Waals surface area contributed by atoms with Gasteiger partial charge in [0.05, 0.1) is 25.6 Å². The quantitative estimate of drug-likeness (QED) is 0.238. The van der Waals surface area contributed by atoms with Gasteiger partial charge in [0, 0.05) is 47.9 Å². The molecule has 2 aliphatic heterocycles. The minimum absolute atomic E-state index is 0.00157. The van der Waals surface area contributed by atoms with Crippen LogP contribution >= 0.6 is 23.2 Å². The number of nitrogens with two attached hydrogens (primary N) is 1. The summed E-state index contributed by atoms with van der Waals surface area (Å²) in [5.41, 5.74) is 9.36. The average molecular weight is 678 g/mol. The number of halogens is 2. The molecule has 0 aromatic heterocycles. The lowest BCUT2D eigenvalue weighted by Crippen LogP contribution is -2.61. The Morgan fingerprint density at radius 1 is 1.00 bits per heavy atom. The Balaban J connectivity index is 1.39. The fraction of sp³-hybridized carbons (Fsp3) is 0.378. The van der Waals surface area contributed by atoms with E-state index in [0.29, 0.717) is 48.3 Å². The minimum Gasteiger partial charge on any atom is -0.401 e. The van der Waals surface area contributed by atoms with Crippen molar-refractivity contribution in [1.82, 2.24) is 14.7 Å². The molecule has 2 N–H and O–H groups in total. The molecule has 0 spiro atoms. The second-order valence-electron chi connectivity index (χ2n) is 12.3. The first-order valence-electron chi connectivity index (χ1n) is 16.1. The Morgan fingerprint density at radius 2 is 1.68 bits per heavy atom. The highest BCUT2D eigenvalue weighted by atomic mass is 35.5. The maximum absolute atomic E-state index is 14.2. The summed E-state index contributed by atoms with van der Waals surface area (Å²) >= 11 is 12.5. The Kier molecular flexibility index (Phi) is 12.0. The van der Waals surface area contributed by atoms with Gasteiger partial charge < -0.3 is 25.2 Å². The van der Waals surface area contributed by atoms with Gasteiger partial charge in [-0.2, -0.15) is 0 Å². The maximum atomic E-state index is 14.2. The third kappa shape index (κ3) is 9.15. The molecule has 2 fully saturated rings. The zero-order chi connectivity index (χ0) is 33.3. The molecule has 5 rings (SSSR count). The molecule has 0 saturated carbocycles. The van der Waals surface area contributed by atoms with Crippen molar-refractivity contribution in [3.8, 4) is 0 Å². The Labute approximate surface area is 287 Å². The summed E-state index contributed by atoms with van der Waals surface area (Å²) in [6.45, 7) is 5.47. The van der Waals surface area contributed by atoms with Crippen LogP contribution in [0.25, 0.3) is 0 Å². The first-order chi connectivity index (χ1) is 22.7. The van der Waals surface area contributed by atoms with Crippen molar-refractivity contribution in [2.45, 2.75) is 50.2 Å². The number of ether oxygens (including phenoxy) is 1. The van der Waals surface area contributed by atoms with Crippen molar-refractivity contribution in [1.29, 1.82) is 0 Å². The van der Waals surface area contributed by atoms with Gasteiger partial charge in [-0.3, -0.25) is 14.4 Å². The van der Waals surface area contributed by atoms with E-state index >= 15 is 0 Å². The van der Waals surface area contributed by atoms with Crippen molar-refractivity contribution in [3.05, 3.63) is 118 Å². The van der Waals surface area contributed by atoms with Gasteiger partial charge in [0.2, 0.25) is 17.7 Å². The van der Waals surface area contributed by atoms with Crippen molar-refractivity contribution in [3.63, 3.8) is 0 Å². The van der Waals surface area contributed by atoms with E-state index < -0.39 is 6.04 Å². The molecule has 2 aliphatic rings. The van der Waals surface area contributed by atoms with Gasteiger partial charge in [0.15, 0.2) is 0 Å². The van der Waals surface area contributed by atoms with E-state index in [1.165, 1.54) is 0 Å². The summed E-state index contributed by atoms with van der Waals surface area (Å²) in [4.78, 5) is 46.7. The number of hydrogen-bond acceptors (Lipinski definition) is 5. The molecule has 0 aliphatic carbocycles. The largest absolute Gasteiger partial charge is 0.401 e. The summed E-state index contributed by atoms with van der Waals surface area (Å²) in [5, 5.41) is 1.02. The molecule has 8 nitrogen and oxygen atoms in total. The number of benzene rings is 3. The van der Waals surface area contributed by atoms with Crippen LogP contribution in [-0.2, 0) is 25.5 Å². The van der Waals surface area contributed by atoms with Gasteiger partial charge in [0.25, 0.3) is 0 Å². The number of carbonyl (C=O) groups is 3. The van der Waals surface area contributed by atoms with Crippen LogP contribution < -0.4 is 5.73 Å².